The van der Waals surface area contributed by atoms with Gasteiger partial charge in [-0.25, -0.2) is 0 Å². The van der Waals surface area contributed by atoms with E-state index in [1.165, 1.54) is 141 Å². The SMILES string of the molecule is C=CCCCCCCCCCCCCCCCC(=O)OC[C@H](CO[C@H]1O[C@H](CS(=O)(=O)O)[C@@H](O)C(O)C1O)OC(=O)CCCCCCCCCCCCCCCCCCC. The first-order chi connectivity index (χ1) is 29.0. The predicted molar refractivity (Wildman–Crippen MR) is 238 cm³/mol. The van der Waals surface area contributed by atoms with Gasteiger partial charge >= 0.3 is 11.9 Å². The summed E-state index contributed by atoms with van der Waals surface area (Å²) in [5.74, 6) is -1.97. The van der Waals surface area contributed by atoms with Crippen LogP contribution in [0.25, 0.3) is 0 Å². The van der Waals surface area contributed by atoms with Crippen molar-refractivity contribution in [1.82, 2.24) is 0 Å². The fourth-order valence-electron chi connectivity index (χ4n) is 7.72. The third-order valence-corrected chi connectivity index (χ3v) is 12.2. The normalized spacial score (nSPS) is 19.9. The minimum absolute atomic E-state index is 0.170. The van der Waals surface area contributed by atoms with Crippen molar-refractivity contribution in [2.75, 3.05) is 19.0 Å². The number of carbonyl (C=O) groups is 2. The molecule has 60 heavy (non-hydrogen) atoms. The maximum atomic E-state index is 12.8. The topological polar surface area (TPSA) is 186 Å². The van der Waals surface area contributed by atoms with E-state index in [2.05, 4.69) is 13.5 Å². The molecule has 12 nitrogen and oxygen atoms in total. The van der Waals surface area contributed by atoms with Gasteiger partial charge < -0.3 is 34.3 Å². The van der Waals surface area contributed by atoms with Gasteiger partial charge in [-0.2, -0.15) is 8.42 Å². The third-order valence-electron chi connectivity index (χ3n) is 11.5. The molecule has 4 N–H and O–H groups in total. The van der Waals surface area contributed by atoms with Crippen LogP contribution >= 0.6 is 0 Å². The number of allylic oxidation sites excluding steroid dienone is 1. The van der Waals surface area contributed by atoms with Gasteiger partial charge in [-0.3, -0.25) is 14.1 Å². The molecular formula is C47H88O12S. The first kappa shape index (κ1) is 56.4. The van der Waals surface area contributed by atoms with Gasteiger partial charge in [0.15, 0.2) is 12.4 Å². The van der Waals surface area contributed by atoms with Crippen LogP contribution in [0, 0.1) is 0 Å². The van der Waals surface area contributed by atoms with Gasteiger partial charge in [-0.05, 0) is 25.7 Å². The summed E-state index contributed by atoms with van der Waals surface area (Å²) < 4.78 is 54.1. The lowest BCUT2D eigenvalue weighted by Gasteiger charge is -2.40. The quantitative estimate of drug-likeness (QED) is 0.0197. The van der Waals surface area contributed by atoms with Gasteiger partial charge in [0.25, 0.3) is 10.1 Å². The molecule has 0 saturated carbocycles. The third kappa shape index (κ3) is 32.1. The zero-order valence-electron chi connectivity index (χ0n) is 37.7. The van der Waals surface area contributed by atoms with E-state index in [4.69, 9.17) is 18.9 Å². The molecule has 354 valence electrons. The summed E-state index contributed by atoms with van der Waals surface area (Å²) >= 11 is 0. The van der Waals surface area contributed by atoms with E-state index in [1.54, 1.807) is 0 Å². The second kappa shape index (κ2) is 37.9. The Labute approximate surface area is 365 Å². The molecule has 1 aliphatic rings. The highest BCUT2D eigenvalue weighted by Gasteiger charge is 2.46. The average Bonchev–Trinajstić information content (AvgIpc) is 3.21. The predicted octanol–water partition coefficient (Wildman–Crippen LogP) is 10.2. The Balaban J connectivity index is 2.39. The lowest BCUT2D eigenvalue weighted by Crippen LogP contribution is -2.60. The van der Waals surface area contributed by atoms with E-state index in [0.717, 1.165) is 44.9 Å². The lowest BCUT2D eigenvalue weighted by molar-refractivity contribution is -0.297. The fraction of sp³-hybridized carbons (Fsp3) is 0.915. The zero-order valence-corrected chi connectivity index (χ0v) is 38.5. The molecule has 0 amide bonds. The molecule has 0 spiro atoms. The highest BCUT2D eigenvalue weighted by molar-refractivity contribution is 7.85. The van der Waals surface area contributed by atoms with Gasteiger partial charge in [0.05, 0.1) is 6.61 Å². The largest absolute Gasteiger partial charge is 0.462 e. The maximum absolute atomic E-state index is 12.8. The Morgan fingerprint density at radius 1 is 0.583 bits per heavy atom. The summed E-state index contributed by atoms with van der Waals surface area (Å²) in [6, 6.07) is 0. The van der Waals surface area contributed by atoms with Crippen LogP contribution in [-0.4, -0.2) is 96.0 Å². The first-order valence-electron chi connectivity index (χ1n) is 24.2. The maximum Gasteiger partial charge on any atom is 0.306 e. The highest BCUT2D eigenvalue weighted by atomic mass is 32.2. The van der Waals surface area contributed by atoms with Crippen LogP contribution in [0.4, 0.5) is 0 Å². The Morgan fingerprint density at radius 2 is 0.983 bits per heavy atom. The van der Waals surface area contributed by atoms with Crippen molar-refractivity contribution < 1.29 is 56.8 Å². The van der Waals surface area contributed by atoms with Crippen molar-refractivity contribution in [3.63, 3.8) is 0 Å². The highest BCUT2D eigenvalue weighted by Crippen LogP contribution is 2.24. The van der Waals surface area contributed by atoms with E-state index in [-0.39, 0.29) is 19.4 Å². The summed E-state index contributed by atoms with van der Waals surface area (Å²) in [6.07, 6.45) is 30.0. The molecule has 0 aromatic heterocycles. The molecule has 1 saturated heterocycles. The van der Waals surface area contributed by atoms with Crippen LogP contribution in [0.15, 0.2) is 12.7 Å². The van der Waals surface area contributed by atoms with Crippen molar-refractivity contribution >= 4 is 22.1 Å². The number of ether oxygens (including phenoxy) is 4. The van der Waals surface area contributed by atoms with E-state index in [1.807, 2.05) is 6.08 Å². The van der Waals surface area contributed by atoms with Crippen molar-refractivity contribution in [3.8, 4) is 0 Å². The number of unbranched alkanes of at least 4 members (excludes halogenated alkanes) is 29. The van der Waals surface area contributed by atoms with Crippen LogP contribution in [0.2, 0.25) is 0 Å². The molecule has 0 aliphatic carbocycles. The van der Waals surface area contributed by atoms with E-state index < -0.39 is 71.2 Å². The Kier molecular flexibility index (Phi) is 35.6. The number of esters is 2. The molecule has 13 heteroatoms. The molecule has 0 radical (unpaired) electrons. The van der Waals surface area contributed by atoms with Crippen LogP contribution in [0.1, 0.15) is 219 Å². The van der Waals surface area contributed by atoms with Crippen molar-refractivity contribution in [3.05, 3.63) is 12.7 Å². The lowest BCUT2D eigenvalue weighted by atomic mass is 10.00. The van der Waals surface area contributed by atoms with Crippen molar-refractivity contribution in [2.24, 2.45) is 0 Å². The van der Waals surface area contributed by atoms with Crippen LogP contribution in [0.5, 0.6) is 0 Å². The minimum atomic E-state index is -4.60. The first-order valence-corrected chi connectivity index (χ1v) is 25.8. The number of hydrogen-bond acceptors (Lipinski definition) is 11. The van der Waals surface area contributed by atoms with Gasteiger partial charge in [0.1, 0.15) is 36.8 Å². The number of aliphatic hydroxyl groups excluding tert-OH is 3. The molecule has 1 aliphatic heterocycles. The standard InChI is InChI=1S/C47H88O12S/c1-3-5-7-9-11-13-15-17-19-20-22-24-26-28-30-32-34-36-43(49)58-40(38-57-47-46(52)45(51)44(50)41(59-47)39-60(53,54)55)37-56-42(48)35-33-31-29-27-25-23-21-18-16-14-12-10-8-6-4-2/h4,40-41,44-47,50-52H,2-3,5-39H2,1H3,(H,53,54,55)/t40-,41-,44-,45?,46?,47+/m1/s1. The summed E-state index contributed by atoms with van der Waals surface area (Å²) in [4.78, 5) is 25.4. The molecule has 0 aromatic rings. The second-order valence-corrected chi connectivity index (χ2v) is 18.7. The fourth-order valence-corrected chi connectivity index (χ4v) is 8.41. The summed E-state index contributed by atoms with van der Waals surface area (Å²) in [6.45, 7) is 5.32. The second-order valence-electron chi connectivity index (χ2n) is 17.2. The van der Waals surface area contributed by atoms with Gasteiger partial charge in [0.2, 0.25) is 0 Å². The van der Waals surface area contributed by atoms with Gasteiger partial charge in [-0.1, -0.05) is 186 Å². The van der Waals surface area contributed by atoms with E-state index >= 15 is 0 Å². The monoisotopic (exact) mass is 877 g/mol. The summed E-state index contributed by atoms with van der Waals surface area (Å²) in [5.41, 5.74) is 0. The Morgan fingerprint density at radius 3 is 1.40 bits per heavy atom. The number of carbonyl (C=O) groups excluding carboxylic acids is 2. The smallest absolute Gasteiger partial charge is 0.306 e. The van der Waals surface area contributed by atoms with Crippen molar-refractivity contribution in [1.29, 1.82) is 0 Å². The van der Waals surface area contributed by atoms with Crippen LogP contribution < -0.4 is 0 Å². The average molecular weight is 877 g/mol. The van der Waals surface area contributed by atoms with Gasteiger partial charge in [0, 0.05) is 12.8 Å². The molecule has 1 heterocycles. The molecule has 0 bridgehead atoms. The van der Waals surface area contributed by atoms with Crippen LogP contribution in [0.3, 0.4) is 0 Å². The molecule has 6 atom stereocenters. The summed E-state index contributed by atoms with van der Waals surface area (Å²) in [7, 11) is -4.60. The van der Waals surface area contributed by atoms with E-state index in [9.17, 15) is 37.9 Å². The zero-order chi connectivity index (χ0) is 44.1. The molecule has 1 rings (SSSR count). The molecule has 2 unspecified atom stereocenters. The van der Waals surface area contributed by atoms with Crippen molar-refractivity contribution in [2.45, 2.75) is 256 Å². The molecule has 0 aromatic carbocycles. The van der Waals surface area contributed by atoms with Crippen LogP contribution in [-0.2, 0) is 38.7 Å². The summed E-state index contributed by atoms with van der Waals surface area (Å²) in [5, 5.41) is 30.9. The Hall–Kier alpha value is -1.61. The minimum Gasteiger partial charge on any atom is -0.462 e. The Bertz CT molecular complexity index is 1150. The number of aliphatic hydroxyl groups is 3. The number of hydrogen-bond donors (Lipinski definition) is 4. The molecular weight excluding hydrogens is 789 g/mol. The van der Waals surface area contributed by atoms with E-state index in [0.29, 0.717) is 12.8 Å². The van der Waals surface area contributed by atoms with Gasteiger partial charge in [-0.15, -0.1) is 6.58 Å². The molecule has 1 fully saturated rings. The number of rotatable bonds is 42.